The van der Waals surface area contributed by atoms with Crippen LogP contribution < -0.4 is 0 Å². The highest BCUT2D eigenvalue weighted by Crippen LogP contribution is 2.24. The molecule has 0 bridgehead atoms. The average molecular weight is 236 g/mol. The molecule has 0 radical (unpaired) electrons. The van der Waals surface area contributed by atoms with Gasteiger partial charge in [-0.25, -0.2) is 0 Å². The van der Waals surface area contributed by atoms with Gasteiger partial charge in [-0.05, 0) is 6.42 Å². The summed E-state index contributed by atoms with van der Waals surface area (Å²) in [4.78, 5) is 12.9. The highest BCUT2D eigenvalue weighted by atomic mass is 79.9. The number of amides is 1. The normalized spacial score (nSPS) is 20.4. The van der Waals surface area contributed by atoms with Gasteiger partial charge in [-0.1, -0.05) is 22.9 Å². The average Bonchev–Trinajstić information content (AvgIpc) is 1.99. The minimum Gasteiger partial charge on any atom is -0.386 e. The third-order valence-electron chi connectivity index (χ3n) is 2.29. The van der Waals surface area contributed by atoms with E-state index >= 15 is 0 Å². The number of hydrogen-bond donors (Lipinski definition) is 1. The van der Waals surface area contributed by atoms with Crippen LogP contribution in [-0.4, -0.2) is 39.9 Å². The van der Waals surface area contributed by atoms with Crippen LogP contribution in [0.25, 0.3) is 0 Å². The third kappa shape index (κ3) is 1.98. The Kier molecular flexibility index (Phi) is 3.12. The molecule has 0 aromatic rings. The lowest BCUT2D eigenvalue weighted by atomic mass is 9.91. The van der Waals surface area contributed by atoms with E-state index < -0.39 is 5.60 Å². The van der Waals surface area contributed by atoms with Crippen molar-refractivity contribution in [2.45, 2.75) is 25.4 Å². The Labute approximate surface area is 80.9 Å². The topological polar surface area (TPSA) is 40.5 Å². The standard InChI is InChI=1S/C8H14BrNO2/c1-2-8(12)5-10(6-8)7(11)3-4-9/h12H,2-6H2,1H3. The molecular formula is C8H14BrNO2. The van der Waals surface area contributed by atoms with Crippen LogP contribution in [-0.2, 0) is 4.79 Å². The molecule has 3 nitrogen and oxygen atoms in total. The largest absolute Gasteiger partial charge is 0.386 e. The molecule has 1 heterocycles. The predicted molar refractivity (Wildman–Crippen MR) is 50.2 cm³/mol. The molecule has 0 saturated carbocycles. The summed E-state index contributed by atoms with van der Waals surface area (Å²) in [5, 5.41) is 10.3. The van der Waals surface area contributed by atoms with Crippen molar-refractivity contribution < 1.29 is 9.90 Å². The van der Waals surface area contributed by atoms with Gasteiger partial charge in [0.15, 0.2) is 0 Å². The molecule has 0 aliphatic carbocycles. The van der Waals surface area contributed by atoms with E-state index in [4.69, 9.17) is 0 Å². The van der Waals surface area contributed by atoms with E-state index in [2.05, 4.69) is 15.9 Å². The highest BCUT2D eigenvalue weighted by molar-refractivity contribution is 9.09. The molecular weight excluding hydrogens is 222 g/mol. The van der Waals surface area contributed by atoms with E-state index in [9.17, 15) is 9.90 Å². The number of carbonyl (C=O) groups excluding carboxylic acids is 1. The van der Waals surface area contributed by atoms with Crippen LogP contribution in [0, 0.1) is 0 Å². The van der Waals surface area contributed by atoms with Crippen LogP contribution in [0.5, 0.6) is 0 Å². The molecule has 12 heavy (non-hydrogen) atoms. The van der Waals surface area contributed by atoms with Crippen molar-refractivity contribution in [2.24, 2.45) is 0 Å². The SMILES string of the molecule is CCC1(O)CN(C(=O)CCBr)C1. The van der Waals surface area contributed by atoms with Gasteiger partial charge in [0.1, 0.15) is 0 Å². The summed E-state index contributed by atoms with van der Waals surface area (Å²) in [6, 6.07) is 0. The second kappa shape index (κ2) is 3.75. The summed E-state index contributed by atoms with van der Waals surface area (Å²) in [7, 11) is 0. The van der Waals surface area contributed by atoms with Crippen molar-refractivity contribution in [1.82, 2.24) is 4.90 Å². The Morgan fingerprint density at radius 1 is 1.67 bits per heavy atom. The summed E-state index contributed by atoms with van der Waals surface area (Å²) < 4.78 is 0. The minimum absolute atomic E-state index is 0.130. The van der Waals surface area contributed by atoms with Gasteiger partial charge in [0, 0.05) is 11.8 Å². The first-order chi connectivity index (χ1) is 5.61. The molecule has 70 valence electrons. The van der Waals surface area contributed by atoms with Crippen molar-refractivity contribution in [3.8, 4) is 0 Å². The molecule has 0 aromatic carbocycles. The highest BCUT2D eigenvalue weighted by Gasteiger charge is 2.41. The van der Waals surface area contributed by atoms with Crippen LogP contribution in [0.1, 0.15) is 19.8 Å². The van der Waals surface area contributed by atoms with Crippen molar-refractivity contribution in [2.75, 3.05) is 18.4 Å². The Hall–Kier alpha value is -0.0900. The molecule has 1 rings (SSSR count). The molecule has 1 fully saturated rings. The third-order valence-corrected chi connectivity index (χ3v) is 2.69. The molecule has 0 atom stereocenters. The van der Waals surface area contributed by atoms with Gasteiger partial charge in [-0.3, -0.25) is 4.79 Å². The van der Waals surface area contributed by atoms with Gasteiger partial charge >= 0.3 is 0 Å². The molecule has 1 aliphatic heterocycles. The van der Waals surface area contributed by atoms with Crippen LogP contribution in [0.15, 0.2) is 0 Å². The summed E-state index contributed by atoms with van der Waals surface area (Å²) in [5.74, 6) is 0.130. The van der Waals surface area contributed by atoms with Crippen molar-refractivity contribution in [1.29, 1.82) is 0 Å². The van der Waals surface area contributed by atoms with E-state index in [0.717, 1.165) is 6.42 Å². The number of alkyl halides is 1. The Morgan fingerprint density at radius 3 is 2.67 bits per heavy atom. The lowest BCUT2D eigenvalue weighted by molar-refractivity contribution is -0.155. The molecule has 1 aliphatic rings. The summed E-state index contributed by atoms with van der Waals surface area (Å²) in [6.07, 6.45) is 1.25. The summed E-state index contributed by atoms with van der Waals surface area (Å²) >= 11 is 3.21. The predicted octanol–water partition coefficient (Wildman–Crippen LogP) is 0.755. The first-order valence-electron chi connectivity index (χ1n) is 4.17. The number of likely N-dealkylation sites (tertiary alicyclic amines) is 1. The molecule has 0 spiro atoms. The molecule has 0 unspecified atom stereocenters. The maximum Gasteiger partial charge on any atom is 0.223 e. The zero-order valence-electron chi connectivity index (χ0n) is 7.22. The zero-order chi connectivity index (χ0) is 9.19. The van der Waals surface area contributed by atoms with E-state index in [1.807, 2.05) is 6.92 Å². The number of aliphatic hydroxyl groups is 1. The molecule has 1 saturated heterocycles. The monoisotopic (exact) mass is 235 g/mol. The summed E-state index contributed by atoms with van der Waals surface area (Å²) in [5.41, 5.74) is -0.595. The number of rotatable bonds is 3. The zero-order valence-corrected chi connectivity index (χ0v) is 8.80. The van der Waals surface area contributed by atoms with Gasteiger partial charge in [0.25, 0.3) is 0 Å². The Balaban J connectivity index is 2.29. The van der Waals surface area contributed by atoms with Crippen LogP contribution in [0.2, 0.25) is 0 Å². The second-order valence-corrected chi connectivity index (χ2v) is 4.06. The van der Waals surface area contributed by atoms with E-state index in [1.165, 1.54) is 0 Å². The molecule has 4 heteroatoms. The lowest BCUT2D eigenvalue weighted by Crippen LogP contribution is -2.63. The van der Waals surface area contributed by atoms with Crippen LogP contribution in [0.3, 0.4) is 0 Å². The van der Waals surface area contributed by atoms with Crippen molar-refractivity contribution in [3.63, 3.8) is 0 Å². The van der Waals surface area contributed by atoms with Crippen molar-refractivity contribution in [3.05, 3.63) is 0 Å². The van der Waals surface area contributed by atoms with E-state index in [-0.39, 0.29) is 5.91 Å². The van der Waals surface area contributed by atoms with Gasteiger partial charge in [0.2, 0.25) is 5.91 Å². The number of nitrogens with zero attached hydrogens (tertiary/aromatic N) is 1. The fourth-order valence-corrected chi connectivity index (χ4v) is 1.64. The number of hydrogen-bond acceptors (Lipinski definition) is 2. The fourth-order valence-electron chi connectivity index (χ4n) is 1.30. The van der Waals surface area contributed by atoms with Gasteiger partial charge in [-0.15, -0.1) is 0 Å². The van der Waals surface area contributed by atoms with Crippen LogP contribution in [0.4, 0.5) is 0 Å². The van der Waals surface area contributed by atoms with Crippen LogP contribution >= 0.6 is 15.9 Å². The van der Waals surface area contributed by atoms with Crippen molar-refractivity contribution >= 4 is 21.8 Å². The molecule has 1 N–H and O–H groups in total. The van der Waals surface area contributed by atoms with Gasteiger partial charge < -0.3 is 10.0 Å². The Morgan fingerprint density at radius 2 is 2.25 bits per heavy atom. The maximum absolute atomic E-state index is 11.2. The number of carbonyl (C=O) groups is 1. The van der Waals surface area contributed by atoms with Gasteiger partial charge in [0.05, 0.1) is 18.7 Å². The number of β-amino-alcohol motifs (C(OH)–C–C–N with tert-alkyl or cyclic N) is 1. The number of halogens is 1. The Bertz CT molecular complexity index is 178. The summed E-state index contributed by atoms with van der Waals surface area (Å²) in [6.45, 7) is 2.96. The smallest absolute Gasteiger partial charge is 0.223 e. The first kappa shape index (κ1) is 9.99. The van der Waals surface area contributed by atoms with Gasteiger partial charge in [-0.2, -0.15) is 0 Å². The maximum atomic E-state index is 11.2. The second-order valence-electron chi connectivity index (χ2n) is 3.27. The van der Waals surface area contributed by atoms with E-state index in [1.54, 1.807) is 4.90 Å². The molecule has 1 amide bonds. The fraction of sp³-hybridized carbons (Fsp3) is 0.875. The minimum atomic E-state index is -0.595. The lowest BCUT2D eigenvalue weighted by Gasteiger charge is -2.46. The van der Waals surface area contributed by atoms with E-state index in [0.29, 0.717) is 24.8 Å². The quantitative estimate of drug-likeness (QED) is 0.735. The molecule has 0 aromatic heterocycles. The first-order valence-corrected chi connectivity index (χ1v) is 5.29.